The quantitative estimate of drug-likeness (QED) is 0.554. The van der Waals surface area contributed by atoms with Gasteiger partial charge in [-0.1, -0.05) is 30.3 Å². The maximum absolute atomic E-state index is 2.16. The molecule has 0 heterocycles. The third-order valence-corrected chi connectivity index (χ3v) is 1.51. The maximum atomic E-state index is 2.16. The van der Waals surface area contributed by atoms with Gasteiger partial charge in [-0.25, -0.2) is 0 Å². The van der Waals surface area contributed by atoms with Crippen molar-refractivity contribution in [1.82, 2.24) is 0 Å². The van der Waals surface area contributed by atoms with Crippen molar-refractivity contribution >= 4 is 6.08 Å². The van der Waals surface area contributed by atoms with Crippen LogP contribution < -0.4 is 12.4 Å². The minimum absolute atomic E-state index is 0. The molecule has 0 amide bonds. The molecule has 0 aliphatic carbocycles. The van der Waals surface area contributed by atoms with Crippen LogP contribution in [0.5, 0.6) is 0 Å². The van der Waals surface area contributed by atoms with Crippen LogP contribution in [0.25, 0.3) is 6.08 Å². The molecule has 1 nitrogen and oxygen atoms in total. The average molecular weight is 198 g/mol. The van der Waals surface area contributed by atoms with Crippen molar-refractivity contribution in [2.45, 2.75) is 0 Å². The Morgan fingerprint density at radius 1 is 1.00 bits per heavy atom. The van der Waals surface area contributed by atoms with Gasteiger partial charge in [0.2, 0.25) is 0 Å². The first-order valence-corrected chi connectivity index (χ1v) is 4.13. The summed E-state index contributed by atoms with van der Waals surface area (Å²) >= 11 is 0. The third kappa shape index (κ3) is 5.45. The molecule has 0 unspecified atom stereocenters. The molecule has 0 fully saturated rings. The third-order valence-electron chi connectivity index (χ3n) is 1.51. The van der Waals surface area contributed by atoms with E-state index in [1.807, 2.05) is 6.07 Å². The van der Waals surface area contributed by atoms with Crippen molar-refractivity contribution in [3.63, 3.8) is 0 Å². The molecular formula is C11H16ClN. The smallest absolute Gasteiger partial charge is 0.0958 e. The number of hydrogen-bond donors (Lipinski definition) is 0. The fourth-order valence-corrected chi connectivity index (χ4v) is 0.874. The van der Waals surface area contributed by atoms with E-state index in [1.165, 1.54) is 5.56 Å². The van der Waals surface area contributed by atoms with Gasteiger partial charge >= 0.3 is 0 Å². The molecule has 2 heteroatoms. The van der Waals surface area contributed by atoms with Gasteiger partial charge in [-0.15, -0.1) is 0 Å². The zero-order valence-electron chi connectivity index (χ0n) is 8.37. The highest BCUT2D eigenvalue weighted by Crippen LogP contribution is 2.03. The number of hydrogen-bond acceptors (Lipinski definition) is 0. The molecule has 0 aromatic heterocycles. The van der Waals surface area contributed by atoms with Crippen molar-refractivity contribution in [2.24, 2.45) is 0 Å². The summed E-state index contributed by atoms with van der Waals surface area (Å²) in [5.74, 6) is 0. The summed E-state index contributed by atoms with van der Waals surface area (Å²) in [6, 6.07) is 10.3. The van der Waals surface area contributed by atoms with Gasteiger partial charge in [0.15, 0.2) is 0 Å². The largest absolute Gasteiger partial charge is 1.00 e. The Labute approximate surface area is 86.7 Å². The predicted octanol–water partition coefficient (Wildman–Crippen LogP) is -0.632. The standard InChI is InChI=1S/C11H16N.ClH/c1-12(2,3)10-9-11-7-5-4-6-8-11;/h4-10H,1-3H3;1H/q+1;/p-1/b10-9-;. The van der Waals surface area contributed by atoms with Crippen LogP contribution in [0.2, 0.25) is 0 Å². The summed E-state index contributed by atoms with van der Waals surface area (Å²) < 4.78 is 0.856. The monoisotopic (exact) mass is 197 g/mol. The molecule has 0 saturated carbocycles. The van der Waals surface area contributed by atoms with E-state index in [4.69, 9.17) is 0 Å². The van der Waals surface area contributed by atoms with Crippen LogP contribution in [0.15, 0.2) is 36.5 Å². The lowest BCUT2D eigenvalue weighted by Gasteiger charge is -2.17. The molecule has 0 saturated heterocycles. The number of benzene rings is 1. The van der Waals surface area contributed by atoms with Gasteiger partial charge in [0, 0.05) is 0 Å². The van der Waals surface area contributed by atoms with Crippen LogP contribution in [0.4, 0.5) is 0 Å². The Hall–Kier alpha value is -0.790. The molecule has 0 atom stereocenters. The van der Waals surface area contributed by atoms with Gasteiger partial charge in [-0.3, -0.25) is 0 Å². The SMILES string of the molecule is C[N+](C)(C)/C=C\c1ccccc1.[Cl-]. The fourth-order valence-electron chi connectivity index (χ4n) is 0.874. The number of halogens is 1. The molecule has 0 N–H and O–H groups in total. The zero-order valence-corrected chi connectivity index (χ0v) is 9.12. The lowest BCUT2D eigenvalue weighted by molar-refractivity contribution is -0.816. The van der Waals surface area contributed by atoms with E-state index >= 15 is 0 Å². The summed E-state index contributed by atoms with van der Waals surface area (Å²) in [5.41, 5.74) is 1.26. The van der Waals surface area contributed by atoms with Gasteiger partial charge in [-0.2, -0.15) is 0 Å². The lowest BCUT2D eigenvalue weighted by atomic mass is 10.2. The van der Waals surface area contributed by atoms with Gasteiger partial charge in [0.25, 0.3) is 0 Å². The minimum Gasteiger partial charge on any atom is -1.00 e. The fraction of sp³-hybridized carbons (Fsp3) is 0.273. The number of nitrogens with zero attached hydrogens (tertiary/aromatic N) is 1. The Morgan fingerprint density at radius 3 is 2.00 bits per heavy atom. The van der Waals surface area contributed by atoms with E-state index in [9.17, 15) is 0 Å². The summed E-state index contributed by atoms with van der Waals surface area (Å²) in [7, 11) is 6.41. The van der Waals surface area contributed by atoms with Gasteiger partial charge in [0.1, 0.15) is 0 Å². The van der Waals surface area contributed by atoms with Gasteiger partial charge < -0.3 is 16.9 Å². The predicted molar refractivity (Wildman–Crippen MR) is 53.5 cm³/mol. The van der Waals surface area contributed by atoms with Crippen LogP contribution in [0.3, 0.4) is 0 Å². The Morgan fingerprint density at radius 2 is 1.54 bits per heavy atom. The molecular weight excluding hydrogens is 182 g/mol. The van der Waals surface area contributed by atoms with Gasteiger partial charge in [-0.05, 0) is 11.6 Å². The molecule has 0 aliphatic rings. The van der Waals surface area contributed by atoms with Gasteiger partial charge in [0.05, 0.1) is 27.3 Å². The van der Waals surface area contributed by atoms with Crippen LogP contribution in [0.1, 0.15) is 5.56 Å². The van der Waals surface area contributed by atoms with E-state index in [2.05, 4.69) is 57.7 Å². The Balaban J connectivity index is 0.00000144. The summed E-state index contributed by atoms with van der Waals surface area (Å²) in [5, 5.41) is 0. The lowest BCUT2D eigenvalue weighted by Crippen LogP contribution is -3.00. The maximum Gasteiger partial charge on any atom is 0.0958 e. The average Bonchev–Trinajstić information content (AvgIpc) is 2.02. The number of quaternary nitrogens is 1. The van der Waals surface area contributed by atoms with E-state index in [1.54, 1.807) is 0 Å². The topological polar surface area (TPSA) is 0 Å². The summed E-state index contributed by atoms with van der Waals surface area (Å²) in [4.78, 5) is 0. The normalized spacial score (nSPS) is 11.3. The van der Waals surface area contributed by atoms with E-state index in [-0.39, 0.29) is 12.4 Å². The van der Waals surface area contributed by atoms with Crippen molar-refractivity contribution in [3.05, 3.63) is 42.1 Å². The van der Waals surface area contributed by atoms with Crippen molar-refractivity contribution in [2.75, 3.05) is 21.1 Å². The molecule has 0 radical (unpaired) electrons. The first-order chi connectivity index (χ1) is 5.58. The highest BCUT2D eigenvalue weighted by atomic mass is 35.5. The summed E-state index contributed by atoms with van der Waals surface area (Å²) in [6.45, 7) is 0. The molecule has 0 spiro atoms. The molecule has 1 rings (SSSR count). The molecule has 0 aliphatic heterocycles. The molecule has 13 heavy (non-hydrogen) atoms. The highest BCUT2D eigenvalue weighted by molar-refractivity contribution is 5.47. The number of rotatable bonds is 2. The zero-order chi connectivity index (χ0) is 9.03. The molecule has 0 bridgehead atoms. The second-order valence-corrected chi connectivity index (χ2v) is 3.84. The summed E-state index contributed by atoms with van der Waals surface area (Å²) in [6.07, 6.45) is 4.30. The first-order valence-electron chi connectivity index (χ1n) is 4.13. The van der Waals surface area contributed by atoms with Crippen molar-refractivity contribution < 1.29 is 16.9 Å². The Kier molecular flexibility index (Phi) is 4.74. The first kappa shape index (κ1) is 12.2. The van der Waals surface area contributed by atoms with Crippen molar-refractivity contribution in [3.8, 4) is 0 Å². The molecule has 72 valence electrons. The van der Waals surface area contributed by atoms with E-state index in [0.29, 0.717) is 0 Å². The van der Waals surface area contributed by atoms with E-state index < -0.39 is 0 Å². The second-order valence-electron chi connectivity index (χ2n) is 3.84. The molecule has 1 aromatic carbocycles. The molecule has 1 aromatic rings. The Bertz CT molecular complexity index is 259. The van der Waals surface area contributed by atoms with Crippen LogP contribution >= 0.6 is 0 Å². The van der Waals surface area contributed by atoms with Crippen LogP contribution in [-0.4, -0.2) is 25.6 Å². The van der Waals surface area contributed by atoms with Crippen molar-refractivity contribution in [1.29, 1.82) is 0 Å². The van der Waals surface area contributed by atoms with Crippen LogP contribution in [0, 0.1) is 0 Å². The van der Waals surface area contributed by atoms with Crippen LogP contribution in [-0.2, 0) is 0 Å². The van der Waals surface area contributed by atoms with E-state index in [0.717, 1.165) is 4.48 Å². The minimum atomic E-state index is 0. The second kappa shape index (κ2) is 5.05. The highest BCUT2D eigenvalue weighted by Gasteiger charge is 1.98.